The summed E-state index contributed by atoms with van der Waals surface area (Å²) in [5.74, 6) is 0. The minimum atomic E-state index is 0. The number of hydrogen-bond acceptors (Lipinski definition) is 1. The van der Waals surface area contributed by atoms with Crippen LogP contribution in [-0.2, 0) is 0 Å². The zero-order chi connectivity index (χ0) is 9.42. The van der Waals surface area contributed by atoms with Gasteiger partial charge in [-0.1, -0.05) is 18.2 Å². The Kier molecular flexibility index (Phi) is 3.34. The summed E-state index contributed by atoms with van der Waals surface area (Å²) in [6.45, 7) is 2.16. The highest BCUT2D eigenvalue weighted by molar-refractivity contribution is 7.80. The Morgan fingerprint density at radius 2 is 2.00 bits per heavy atom. The summed E-state index contributed by atoms with van der Waals surface area (Å²) in [6.07, 6.45) is 0. The molecule has 0 fully saturated rings. The smallest absolute Gasteiger partial charge is 0.173 e. The maximum Gasteiger partial charge on any atom is 0.173 e. The SMILES string of the molecule is CC1c2ccccc2NC(=S)N1C.Cl. The summed E-state index contributed by atoms with van der Waals surface area (Å²) < 4.78 is 0. The Labute approximate surface area is 95.7 Å². The first kappa shape index (κ1) is 11.3. The van der Waals surface area contributed by atoms with Crippen LogP contribution in [0.2, 0.25) is 0 Å². The molecule has 0 radical (unpaired) electrons. The second-order valence-electron chi connectivity index (χ2n) is 3.30. The summed E-state index contributed by atoms with van der Waals surface area (Å²) in [5, 5.41) is 3.99. The molecule has 1 aromatic carbocycles. The number of rotatable bonds is 0. The maximum atomic E-state index is 5.20. The number of hydrogen-bond donors (Lipinski definition) is 1. The standard InChI is InChI=1S/C10H12N2S.ClH/c1-7-8-5-3-4-6-9(8)11-10(13)12(7)2;/h3-7H,1-2H3,(H,11,13);1H. The highest BCUT2D eigenvalue weighted by Gasteiger charge is 2.22. The Morgan fingerprint density at radius 3 is 2.71 bits per heavy atom. The Hall–Kier alpha value is -0.800. The van der Waals surface area contributed by atoms with Gasteiger partial charge in [0.1, 0.15) is 0 Å². The summed E-state index contributed by atoms with van der Waals surface area (Å²) in [7, 11) is 2.01. The van der Waals surface area contributed by atoms with E-state index >= 15 is 0 Å². The van der Waals surface area contributed by atoms with Gasteiger partial charge in [0, 0.05) is 12.7 Å². The molecule has 0 bridgehead atoms. The molecule has 2 rings (SSSR count). The van der Waals surface area contributed by atoms with E-state index in [1.54, 1.807) is 0 Å². The number of nitrogens with zero attached hydrogens (tertiary/aromatic N) is 1. The molecule has 0 saturated heterocycles. The molecule has 0 aromatic heterocycles. The number of fused-ring (bicyclic) bond motifs is 1. The highest BCUT2D eigenvalue weighted by Crippen LogP contribution is 2.30. The van der Waals surface area contributed by atoms with Gasteiger partial charge in [0.25, 0.3) is 0 Å². The Balaban J connectivity index is 0.000000980. The molecule has 2 nitrogen and oxygen atoms in total. The third-order valence-electron chi connectivity index (χ3n) is 2.55. The molecule has 76 valence electrons. The quantitative estimate of drug-likeness (QED) is 0.688. The summed E-state index contributed by atoms with van der Waals surface area (Å²) in [6, 6.07) is 8.63. The van der Waals surface area contributed by atoms with Gasteiger partial charge < -0.3 is 10.2 Å². The van der Waals surface area contributed by atoms with Crippen LogP contribution < -0.4 is 5.32 Å². The molecule has 0 aliphatic carbocycles. The van der Waals surface area contributed by atoms with Crippen molar-refractivity contribution in [3.05, 3.63) is 29.8 Å². The van der Waals surface area contributed by atoms with Crippen molar-refractivity contribution in [2.45, 2.75) is 13.0 Å². The third kappa shape index (κ3) is 1.70. The van der Waals surface area contributed by atoms with Crippen molar-refractivity contribution in [2.24, 2.45) is 0 Å². The minimum absolute atomic E-state index is 0. The lowest BCUT2D eigenvalue weighted by molar-refractivity contribution is 0.402. The van der Waals surface area contributed by atoms with E-state index in [4.69, 9.17) is 12.2 Å². The lowest BCUT2D eigenvalue weighted by Crippen LogP contribution is -2.37. The van der Waals surface area contributed by atoms with Gasteiger partial charge in [-0.25, -0.2) is 0 Å². The molecule has 0 saturated carbocycles. The first-order chi connectivity index (χ1) is 6.20. The van der Waals surface area contributed by atoms with Crippen molar-refractivity contribution in [2.75, 3.05) is 12.4 Å². The van der Waals surface area contributed by atoms with Crippen molar-refractivity contribution in [3.63, 3.8) is 0 Å². The summed E-state index contributed by atoms with van der Waals surface area (Å²) >= 11 is 5.20. The third-order valence-corrected chi connectivity index (χ3v) is 2.94. The van der Waals surface area contributed by atoms with Gasteiger partial charge in [-0.15, -0.1) is 12.4 Å². The van der Waals surface area contributed by atoms with E-state index in [2.05, 4.69) is 35.3 Å². The molecule has 1 aromatic rings. The predicted molar refractivity (Wildman–Crippen MR) is 66.1 cm³/mol. The first-order valence-corrected chi connectivity index (χ1v) is 4.73. The van der Waals surface area contributed by atoms with Crippen LogP contribution in [0, 0.1) is 0 Å². The maximum absolute atomic E-state index is 5.20. The van der Waals surface area contributed by atoms with Crippen LogP contribution in [0.4, 0.5) is 5.69 Å². The van der Waals surface area contributed by atoms with Gasteiger partial charge in [-0.2, -0.15) is 0 Å². The van der Waals surface area contributed by atoms with Gasteiger partial charge >= 0.3 is 0 Å². The molecule has 0 spiro atoms. The number of anilines is 1. The van der Waals surface area contributed by atoms with Gasteiger partial charge in [0.15, 0.2) is 5.11 Å². The molecule has 1 atom stereocenters. The molecular formula is C10H13ClN2S. The van der Waals surface area contributed by atoms with Crippen molar-refractivity contribution in [1.82, 2.24) is 4.90 Å². The molecule has 4 heteroatoms. The van der Waals surface area contributed by atoms with Gasteiger partial charge in [0.2, 0.25) is 0 Å². The van der Waals surface area contributed by atoms with Gasteiger partial charge in [0.05, 0.1) is 6.04 Å². The van der Waals surface area contributed by atoms with E-state index in [1.807, 2.05) is 13.1 Å². The van der Waals surface area contributed by atoms with Crippen molar-refractivity contribution in [3.8, 4) is 0 Å². The molecule has 1 N–H and O–H groups in total. The van der Waals surface area contributed by atoms with Crippen molar-refractivity contribution < 1.29 is 0 Å². The van der Waals surface area contributed by atoms with E-state index in [9.17, 15) is 0 Å². The van der Waals surface area contributed by atoms with Crippen LogP contribution in [0.5, 0.6) is 0 Å². The lowest BCUT2D eigenvalue weighted by Gasteiger charge is -2.34. The topological polar surface area (TPSA) is 15.3 Å². The number of halogens is 1. The second kappa shape index (κ2) is 4.15. The van der Waals surface area contributed by atoms with E-state index in [-0.39, 0.29) is 12.4 Å². The van der Waals surface area contributed by atoms with E-state index in [1.165, 1.54) is 5.56 Å². The Bertz CT molecular complexity index is 354. The van der Waals surface area contributed by atoms with Gasteiger partial charge in [-0.3, -0.25) is 0 Å². The number of nitrogens with one attached hydrogen (secondary N) is 1. The zero-order valence-electron chi connectivity index (χ0n) is 8.15. The van der Waals surface area contributed by atoms with Crippen LogP contribution in [-0.4, -0.2) is 17.1 Å². The zero-order valence-corrected chi connectivity index (χ0v) is 9.78. The van der Waals surface area contributed by atoms with Crippen LogP contribution >= 0.6 is 24.6 Å². The van der Waals surface area contributed by atoms with Crippen molar-refractivity contribution >= 4 is 35.4 Å². The highest BCUT2D eigenvalue weighted by atomic mass is 35.5. The van der Waals surface area contributed by atoms with Crippen LogP contribution in [0.25, 0.3) is 0 Å². The molecule has 1 heterocycles. The van der Waals surface area contributed by atoms with E-state index in [0.717, 1.165) is 10.8 Å². The Morgan fingerprint density at radius 1 is 1.36 bits per heavy atom. The fraction of sp³-hybridized carbons (Fsp3) is 0.300. The fourth-order valence-electron chi connectivity index (χ4n) is 1.56. The largest absolute Gasteiger partial charge is 0.345 e. The predicted octanol–water partition coefficient (Wildman–Crippen LogP) is 2.81. The van der Waals surface area contributed by atoms with Crippen molar-refractivity contribution in [1.29, 1.82) is 0 Å². The average molecular weight is 229 g/mol. The van der Waals surface area contributed by atoms with E-state index < -0.39 is 0 Å². The molecule has 1 aliphatic heterocycles. The molecule has 1 unspecified atom stereocenters. The fourth-order valence-corrected chi connectivity index (χ4v) is 1.83. The number of para-hydroxylation sites is 1. The van der Waals surface area contributed by atoms with Crippen LogP contribution in [0.3, 0.4) is 0 Å². The summed E-state index contributed by atoms with van der Waals surface area (Å²) in [4.78, 5) is 2.07. The van der Waals surface area contributed by atoms with Crippen LogP contribution in [0.15, 0.2) is 24.3 Å². The second-order valence-corrected chi connectivity index (χ2v) is 3.69. The monoisotopic (exact) mass is 228 g/mol. The minimum Gasteiger partial charge on any atom is -0.345 e. The molecule has 0 amide bonds. The number of benzene rings is 1. The molecular weight excluding hydrogens is 216 g/mol. The molecule has 14 heavy (non-hydrogen) atoms. The normalized spacial score (nSPS) is 19.4. The van der Waals surface area contributed by atoms with Crippen LogP contribution in [0.1, 0.15) is 18.5 Å². The molecule has 1 aliphatic rings. The average Bonchev–Trinajstić information content (AvgIpc) is 2.15. The summed E-state index contributed by atoms with van der Waals surface area (Å²) in [5.41, 5.74) is 2.44. The number of thiocarbonyl (C=S) groups is 1. The first-order valence-electron chi connectivity index (χ1n) is 4.33. The lowest BCUT2D eigenvalue weighted by atomic mass is 10.0. The van der Waals surface area contributed by atoms with Gasteiger partial charge in [-0.05, 0) is 30.8 Å². The van der Waals surface area contributed by atoms with E-state index in [0.29, 0.717) is 6.04 Å².